The van der Waals surface area contributed by atoms with E-state index in [4.69, 9.17) is 4.74 Å². The first-order valence-electron chi connectivity index (χ1n) is 34.1. The second-order valence-electron chi connectivity index (χ2n) is 23.5. The molecule has 2 atom stereocenters. The molecule has 0 aliphatic carbocycles. The molecule has 6 nitrogen and oxygen atoms in total. The lowest BCUT2D eigenvalue weighted by atomic mass is 10.0. The fourth-order valence-electron chi connectivity index (χ4n) is 10.7. The van der Waals surface area contributed by atoms with Crippen LogP contribution in [0.15, 0.2) is 24.3 Å². The number of allylic oxidation sites excluding steroid dienone is 3. The maximum Gasteiger partial charge on any atom is 0.305 e. The Balaban J connectivity index is 3.36. The number of carbonyl (C=O) groups excluding carboxylic acids is 2. The SMILES string of the molecule is CCCCCCCCCCCCCC/C=C/C(O)C(CO)NC(=O)CCCCCCCCCCCCCCCCCC/C=C\CCCCCCCCCCCCCCOC(=O)CCCCCCCCCCCCCC. The lowest BCUT2D eigenvalue weighted by molar-refractivity contribution is -0.143. The third-order valence-electron chi connectivity index (χ3n) is 16.0. The molecular formula is C69H133NO5. The molecular weight excluding hydrogens is 923 g/mol. The molecule has 75 heavy (non-hydrogen) atoms. The van der Waals surface area contributed by atoms with E-state index in [1.807, 2.05) is 6.08 Å². The van der Waals surface area contributed by atoms with Crippen LogP contribution in [-0.4, -0.2) is 47.4 Å². The van der Waals surface area contributed by atoms with Gasteiger partial charge in [-0.2, -0.15) is 0 Å². The summed E-state index contributed by atoms with van der Waals surface area (Å²) in [7, 11) is 0. The zero-order valence-electron chi connectivity index (χ0n) is 50.8. The maximum atomic E-state index is 12.5. The zero-order valence-corrected chi connectivity index (χ0v) is 50.8. The summed E-state index contributed by atoms with van der Waals surface area (Å²) in [6.45, 7) is 4.93. The molecule has 0 heterocycles. The predicted octanol–water partition coefficient (Wildman–Crippen LogP) is 21.8. The molecule has 0 aromatic rings. The summed E-state index contributed by atoms with van der Waals surface area (Å²) < 4.78 is 5.48. The second kappa shape index (κ2) is 64.9. The first kappa shape index (κ1) is 73.3. The van der Waals surface area contributed by atoms with Crippen LogP contribution in [0.3, 0.4) is 0 Å². The van der Waals surface area contributed by atoms with Gasteiger partial charge >= 0.3 is 5.97 Å². The number of rotatable bonds is 64. The van der Waals surface area contributed by atoms with E-state index in [1.165, 1.54) is 315 Å². The van der Waals surface area contributed by atoms with Gasteiger partial charge in [0.2, 0.25) is 5.91 Å². The highest BCUT2D eigenvalue weighted by Crippen LogP contribution is 2.18. The number of aliphatic hydroxyl groups is 2. The molecule has 0 rings (SSSR count). The molecule has 0 aromatic carbocycles. The fourth-order valence-corrected chi connectivity index (χ4v) is 10.7. The highest BCUT2D eigenvalue weighted by atomic mass is 16.5. The van der Waals surface area contributed by atoms with E-state index >= 15 is 0 Å². The summed E-state index contributed by atoms with van der Waals surface area (Å²) in [5, 5.41) is 23.1. The van der Waals surface area contributed by atoms with Gasteiger partial charge in [0, 0.05) is 12.8 Å². The molecule has 1 amide bonds. The molecule has 2 unspecified atom stereocenters. The zero-order chi connectivity index (χ0) is 54.3. The quantitative estimate of drug-likeness (QED) is 0.0320. The van der Waals surface area contributed by atoms with Crippen LogP contribution in [0, 0.1) is 0 Å². The average Bonchev–Trinajstić information content (AvgIpc) is 3.41. The van der Waals surface area contributed by atoms with Crippen molar-refractivity contribution in [2.24, 2.45) is 0 Å². The number of amides is 1. The molecule has 6 heteroatoms. The third kappa shape index (κ3) is 61.4. The van der Waals surface area contributed by atoms with Gasteiger partial charge in [0.15, 0.2) is 0 Å². The standard InChI is InChI=1S/C69H133NO5/c1-3-5-7-9-11-13-15-17-38-41-45-49-53-57-61-67(72)66(65-71)70-68(73)62-58-54-50-46-42-39-36-34-32-30-28-26-24-22-20-18-19-21-23-25-27-29-31-33-35-37-40-44-48-52-56-60-64-75-69(74)63-59-55-51-47-43-16-14-12-10-8-6-4-2/h21,23,57,61,66-67,71-72H,3-20,22,24-56,58-60,62-65H2,1-2H3,(H,70,73)/b23-21-,61-57+. The number of unbranched alkanes of at least 4 members (excludes halogenated alkanes) is 51. The monoisotopic (exact) mass is 1060 g/mol. The molecule has 0 spiro atoms. The first-order chi connectivity index (χ1) is 37.0. The molecule has 0 aliphatic rings. The summed E-state index contributed by atoms with van der Waals surface area (Å²) in [6.07, 6.45) is 81.1. The van der Waals surface area contributed by atoms with Crippen molar-refractivity contribution in [2.45, 2.75) is 392 Å². The van der Waals surface area contributed by atoms with E-state index < -0.39 is 12.1 Å². The second-order valence-corrected chi connectivity index (χ2v) is 23.5. The fraction of sp³-hybridized carbons (Fsp3) is 0.913. The van der Waals surface area contributed by atoms with Crippen LogP contribution in [0.5, 0.6) is 0 Å². The Hall–Kier alpha value is -1.66. The van der Waals surface area contributed by atoms with Gasteiger partial charge in [-0.3, -0.25) is 9.59 Å². The lowest BCUT2D eigenvalue weighted by Gasteiger charge is -2.20. The highest BCUT2D eigenvalue weighted by molar-refractivity contribution is 5.76. The number of nitrogens with one attached hydrogen (secondary N) is 1. The number of hydrogen-bond donors (Lipinski definition) is 3. The number of carbonyl (C=O) groups is 2. The van der Waals surface area contributed by atoms with Gasteiger partial charge in [0.25, 0.3) is 0 Å². The smallest absolute Gasteiger partial charge is 0.305 e. The molecule has 0 bridgehead atoms. The van der Waals surface area contributed by atoms with Crippen molar-refractivity contribution in [3.63, 3.8) is 0 Å². The number of aliphatic hydroxyl groups excluding tert-OH is 2. The Bertz CT molecular complexity index is 1170. The number of esters is 1. The predicted molar refractivity (Wildman–Crippen MR) is 329 cm³/mol. The van der Waals surface area contributed by atoms with Crippen molar-refractivity contribution >= 4 is 11.9 Å². The molecule has 0 aliphatic heterocycles. The summed E-state index contributed by atoms with van der Waals surface area (Å²) in [4.78, 5) is 24.5. The Morgan fingerprint density at radius 1 is 0.360 bits per heavy atom. The van der Waals surface area contributed by atoms with Crippen LogP contribution in [0.2, 0.25) is 0 Å². The molecule has 3 N–H and O–H groups in total. The van der Waals surface area contributed by atoms with Crippen molar-refractivity contribution in [3.05, 3.63) is 24.3 Å². The summed E-state index contributed by atoms with van der Waals surface area (Å²) >= 11 is 0. The van der Waals surface area contributed by atoms with Gasteiger partial charge in [0.05, 0.1) is 25.4 Å². The van der Waals surface area contributed by atoms with E-state index in [0.717, 1.165) is 38.5 Å². The summed E-state index contributed by atoms with van der Waals surface area (Å²) in [5.41, 5.74) is 0. The Morgan fingerprint density at radius 3 is 0.947 bits per heavy atom. The van der Waals surface area contributed by atoms with Gasteiger partial charge in [-0.1, -0.05) is 334 Å². The van der Waals surface area contributed by atoms with E-state index in [0.29, 0.717) is 19.4 Å². The average molecular weight is 1060 g/mol. The van der Waals surface area contributed by atoms with Gasteiger partial charge in [0.1, 0.15) is 0 Å². The van der Waals surface area contributed by atoms with E-state index in [2.05, 4.69) is 31.3 Å². The van der Waals surface area contributed by atoms with E-state index in [-0.39, 0.29) is 18.5 Å². The molecule has 0 saturated carbocycles. The van der Waals surface area contributed by atoms with Crippen molar-refractivity contribution in [1.82, 2.24) is 5.32 Å². The van der Waals surface area contributed by atoms with Crippen LogP contribution in [0.4, 0.5) is 0 Å². The van der Waals surface area contributed by atoms with E-state index in [9.17, 15) is 19.8 Å². The highest BCUT2D eigenvalue weighted by Gasteiger charge is 2.18. The van der Waals surface area contributed by atoms with Gasteiger partial charge in [-0.05, 0) is 57.8 Å². The molecule has 0 aromatic heterocycles. The van der Waals surface area contributed by atoms with Crippen LogP contribution < -0.4 is 5.32 Å². The topological polar surface area (TPSA) is 95.9 Å². The summed E-state index contributed by atoms with van der Waals surface area (Å²) in [6, 6.07) is -0.625. The molecule has 444 valence electrons. The van der Waals surface area contributed by atoms with Crippen LogP contribution in [0.25, 0.3) is 0 Å². The maximum absolute atomic E-state index is 12.5. The van der Waals surface area contributed by atoms with Crippen molar-refractivity contribution < 1.29 is 24.5 Å². The Kier molecular flexibility index (Phi) is 63.4. The van der Waals surface area contributed by atoms with Crippen LogP contribution in [-0.2, 0) is 14.3 Å². The van der Waals surface area contributed by atoms with Gasteiger partial charge in [-0.15, -0.1) is 0 Å². The Labute approximate surface area is 469 Å². The largest absolute Gasteiger partial charge is 0.466 e. The minimum absolute atomic E-state index is 0.0190. The Morgan fingerprint density at radius 2 is 0.627 bits per heavy atom. The minimum atomic E-state index is -0.842. The lowest BCUT2D eigenvalue weighted by Crippen LogP contribution is -2.45. The van der Waals surface area contributed by atoms with Crippen LogP contribution in [0.1, 0.15) is 380 Å². The first-order valence-corrected chi connectivity index (χ1v) is 34.1. The normalized spacial score (nSPS) is 12.6. The molecule has 0 radical (unpaired) electrons. The van der Waals surface area contributed by atoms with Gasteiger partial charge < -0.3 is 20.3 Å². The van der Waals surface area contributed by atoms with Crippen LogP contribution >= 0.6 is 0 Å². The summed E-state index contributed by atoms with van der Waals surface area (Å²) in [5.74, 6) is -0.0444. The van der Waals surface area contributed by atoms with Crippen molar-refractivity contribution in [3.8, 4) is 0 Å². The molecule has 0 saturated heterocycles. The van der Waals surface area contributed by atoms with E-state index in [1.54, 1.807) is 6.08 Å². The molecule has 0 fully saturated rings. The minimum Gasteiger partial charge on any atom is -0.466 e. The van der Waals surface area contributed by atoms with Crippen molar-refractivity contribution in [1.29, 1.82) is 0 Å². The van der Waals surface area contributed by atoms with Crippen molar-refractivity contribution in [2.75, 3.05) is 13.2 Å². The number of ether oxygens (including phenoxy) is 1. The number of hydrogen-bond acceptors (Lipinski definition) is 5. The third-order valence-corrected chi connectivity index (χ3v) is 16.0. The van der Waals surface area contributed by atoms with Gasteiger partial charge in [-0.25, -0.2) is 0 Å².